The zero-order chi connectivity index (χ0) is 18.3. The van der Waals surface area contributed by atoms with Gasteiger partial charge in [0.1, 0.15) is 6.04 Å². The lowest BCUT2D eigenvalue weighted by atomic mass is 10.0. The summed E-state index contributed by atoms with van der Waals surface area (Å²) in [7, 11) is 0. The highest BCUT2D eigenvalue weighted by Crippen LogP contribution is 2.29. The summed E-state index contributed by atoms with van der Waals surface area (Å²) in [5.41, 5.74) is 2.09. The quantitative estimate of drug-likeness (QED) is 0.905. The molecule has 2 saturated heterocycles. The van der Waals surface area contributed by atoms with Gasteiger partial charge in [-0.25, -0.2) is 9.69 Å². The third-order valence-corrected chi connectivity index (χ3v) is 4.96. The molecule has 1 N–H and O–H groups in total. The van der Waals surface area contributed by atoms with E-state index < -0.39 is 12.1 Å². The Morgan fingerprint density at radius 3 is 2.42 bits per heavy atom. The van der Waals surface area contributed by atoms with Crippen molar-refractivity contribution in [2.24, 2.45) is 0 Å². The molecule has 0 spiro atoms. The van der Waals surface area contributed by atoms with E-state index in [2.05, 4.69) is 5.32 Å². The normalized spacial score (nSPS) is 22.2. The Morgan fingerprint density at radius 1 is 1.04 bits per heavy atom. The summed E-state index contributed by atoms with van der Waals surface area (Å²) in [6, 6.07) is 14.6. The smallest absolute Gasteiger partial charge is 0.329 e. The minimum atomic E-state index is -0.679. The monoisotopic (exact) mass is 349 g/mol. The van der Waals surface area contributed by atoms with Crippen molar-refractivity contribution in [3.8, 4) is 0 Å². The van der Waals surface area contributed by atoms with Crippen LogP contribution in [0.5, 0.6) is 0 Å². The molecule has 6 nitrogen and oxygen atoms in total. The fraction of sp³-hybridized carbons (Fsp3) is 0.250. The molecule has 0 aromatic heterocycles. The second-order valence-corrected chi connectivity index (χ2v) is 6.66. The number of likely N-dealkylation sites (tertiary alicyclic amines) is 1. The van der Waals surface area contributed by atoms with E-state index in [9.17, 15) is 14.4 Å². The van der Waals surface area contributed by atoms with Gasteiger partial charge < -0.3 is 10.2 Å². The highest BCUT2D eigenvalue weighted by molar-refractivity contribution is 6.19. The molecule has 2 aliphatic heterocycles. The van der Waals surface area contributed by atoms with Crippen LogP contribution >= 0.6 is 0 Å². The van der Waals surface area contributed by atoms with Gasteiger partial charge in [0.25, 0.3) is 11.8 Å². The Labute approximate surface area is 151 Å². The number of rotatable bonds is 2. The second-order valence-electron chi connectivity index (χ2n) is 6.66. The van der Waals surface area contributed by atoms with Gasteiger partial charge in [0.15, 0.2) is 0 Å². The molecule has 132 valence electrons. The molecule has 0 bridgehead atoms. The second kappa shape index (κ2) is 6.29. The van der Waals surface area contributed by atoms with Crippen LogP contribution in [-0.2, 0) is 4.79 Å². The molecule has 0 saturated carbocycles. The third-order valence-electron chi connectivity index (χ3n) is 4.96. The largest absolute Gasteiger partial charge is 0.332 e. The number of aryl methyl sites for hydroxylation is 1. The molecular formula is C20H19N3O3. The number of imide groups is 1. The summed E-state index contributed by atoms with van der Waals surface area (Å²) >= 11 is 0. The number of urea groups is 1. The van der Waals surface area contributed by atoms with Crippen LogP contribution < -0.4 is 10.2 Å². The summed E-state index contributed by atoms with van der Waals surface area (Å²) in [6.07, 6.45) is 0.572. The number of nitrogens with zero attached hydrogens (tertiary/aromatic N) is 2. The Bertz CT molecular complexity index is 864. The van der Waals surface area contributed by atoms with Gasteiger partial charge in [-0.05, 0) is 37.6 Å². The number of fused-ring (bicyclic) bond motifs is 1. The molecular weight excluding hydrogens is 330 g/mol. The number of carbonyl (C=O) groups is 3. The van der Waals surface area contributed by atoms with Crippen molar-refractivity contribution in [3.63, 3.8) is 0 Å². The summed E-state index contributed by atoms with van der Waals surface area (Å²) in [6.45, 7) is 2.38. The maximum Gasteiger partial charge on any atom is 0.329 e. The number of nitrogens with one attached hydrogen (secondary N) is 1. The molecule has 2 atom stereocenters. The van der Waals surface area contributed by atoms with Gasteiger partial charge in [0.2, 0.25) is 0 Å². The van der Waals surface area contributed by atoms with E-state index in [-0.39, 0.29) is 17.9 Å². The van der Waals surface area contributed by atoms with Crippen molar-refractivity contribution in [2.45, 2.75) is 25.4 Å². The summed E-state index contributed by atoms with van der Waals surface area (Å²) < 4.78 is 0. The fourth-order valence-corrected chi connectivity index (χ4v) is 3.62. The highest BCUT2D eigenvalue weighted by atomic mass is 16.2. The molecule has 4 rings (SSSR count). The maximum absolute atomic E-state index is 13.1. The number of benzene rings is 2. The van der Waals surface area contributed by atoms with Gasteiger partial charge in [-0.2, -0.15) is 0 Å². The van der Waals surface area contributed by atoms with E-state index in [1.165, 1.54) is 0 Å². The molecule has 26 heavy (non-hydrogen) atoms. The molecule has 0 aliphatic carbocycles. The highest BCUT2D eigenvalue weighted by Gasteiger charge is 2.49. The molecule has 2 heterocycles. The lowest BCUT2D eigenvalue weighted by Gasteiger charge is -2.36. The number of anilines is 1. The zero-order valence-corrected chi connectivity index (χ0v) is 14.4. The van der Waals surface area contributed by atoms with Gasteiger partial charge in [-0.1, -0.05) is 35.9 Å². The minimum Gasteiger partial charge on any atom is -0.332 e. The Hall–Kier alpha value is -3.15. The lowest BCUT2D eigenvalue weighted by Crippen LogP contribution is -2.65. The van der Waals surface area contributed by atoms with Gasteiger partial charge in [-0.3, -0.25) is 9.59 Å². The van der Waals surface area contributed by atoms with Crippen molar-refractivity contribution < 1.29 is 14.4 Å². The third kappa shape index (κ3) is 2.63. The molecule has 6 heteroatoms. The minimum absolute atomic E-state index is 0.188. The first kappa shape index (κ1) is 16.3. The van der Waals surface area contributed by atoms with Gasteiger partial charge in [0.05, 0.1) is 11.7 Å². The van der Waals surface area contributed by atoms with Crippen LogP contribution in [0.4, 0.5) is 10.5 Å². The zero-order valence-electron chi connectivity index (χ0n) is 14.4. The topological polar surface area (TPSA) is 69.7 Å². The van der Waals surface area contributed by atoms with Crippen LogP contribution in [0.1, 0.15) is 22.3 Å². The van der Waals surface area contributed by atoms with Gasteiger partial charge in [-0.15, -0.1) is 0 Å². The average molecular weight is 349 g/mol. The predicted octanol–water partition coefficient (Wildman–Crippen LogP) is 2.33. The first-order valence-electron chi connectivity index (χ1n) is 8.63. The van der Waals surface area contributed by atoms with Crippen molar-refractivity contribution in [1.82, 2.24) is 10.2 Å². The Kier molecular flexibility index (Phi) is 3.95. The molecule has 2 fully saturated rings. The molecule has 2 unspecified atom stereocenters. The first-order valence-corrected chi connectivity index (χ1v) is 8.63. The number of carbonyl (C=O) groups excluding carboxylic acids is 3. The van der Waals surface area contributed by atoms with E-state index in [4.69, 9.17) is 0 Å². The summed E-state index contributed by atoms with van der Waals surface area (Å²) in [4.78, 5) is 41.2. The number of hydrogen-bond donors (Lipinski definition) is 1. The van der Waals surface area contributed by atoms with E-state index >= 15 is 0 Å². The van der Waals surface area contributed by atoms with E-state index in [1.54, 1.807) is 41.3 Å². The first-order chi connectivity index (χ1) is 12.6. The molecule has 2 aliphatic rings. The summed E-state index contributed by atoms with van der Waals surface area (Å²) in [5, 5.41) is 2.88. The van der Waals surface area contributed by atoms with Crippen LogP contribution in [0.25, 0.3) is 0 Å². The number of hydrogen-bond acceptors (Lipinski definition) is 3. The van der Waals surface area contributed by atoms with Crippen molar-refractivity contribution in [1.29, 1.82) is 0 Å². The maximum atomic E-state index is 13.1. The fourth-order valence-electron chi connectivity index (χ4n) is 3.62. The molecule has 2 aromatic carbocycles. The lowest BCUT2D eigenvalue weighted by molar-refractivity contribution is -0.122. The molecule has 4 amide bonds. The van der Waals surface area contributed by atoms with Crippen LogP contribution in [0.3, 0.4) is 0 Å². The van der Waals surface area contributed by atoms with Crippen molar-refractivity contribution in [2.75, 3.05) is 11.4 Å². The van der Waals surface area contributed by atoms with Crippen molar-refractivity contribution >= 4 is 23.5 Å². The van der Waals surface area contributed by atoms with E-state index in [0.717, 1.165) is 10.5 Å². The van der Waals surface area contributed by atoms with Crippen LogP contribution in [0.2, 0.25) is 0 Å². The molecule has 0 radical (unpaired) electrons. The van der Waals surface area contributed by atoms with Gasteiger partial charge in [0, 0.05) is 12.1 Å². The van der Waals surface area contributed by atoms with Gasteiger partial charge >= 0.3 is 6.03 Å². The predicted molar refractivity (Wildman–Crippen MR) is 96.9 cm³/mol. The van der Waals surface area contributed by atoms with Crippen LogP contribution in [0.15, 0.2) is 54.6 Å². The average Bonchev–Trinajstić information content (AvgIpc) is 3.07. The Balaban J connectivity index is 1.65. The van der Waals surface area contributed by atoms with Crippen molar-refractivity contribution in [3.05, 3.63) is 65.7 Å². The van der Waals surface area contributed by atoms with E-state index in [0.29, 0.717) is 24.2 Å². The molecule has 2 aromatic rings. The van der Waals surface area contributed by atoms with E-state index in [1.807, 2.05) is 25.1 Å². The SMILES string of the molecule is Cc1ccc(N2C(=O)NC3CCN(C(=O)c4ccccc4)C3C2=O)cc1. The standard InChI is InChI=1S/C20H19N3O3/c1-13-7-9-15(10-8-13)23-19(25)17-16(21-20(23)26)11-12-22(17)18(24)14-5-3-2-4-6-14/h2-10,16-17H,11-12H2,1H3,(H,21,26). The number of amides is 4. The van der Waals surface area contributed by atoms with Crippen LogP contribution in [-0.4, -0.2) is 41.4 Å². The Morgan fingerprint density at radius 2 is 1.73 bits per heavy atom. The van der Waals surface area contributed by atoms with Crippen LogP contribution in [0, 0.1) is 6.92 Å². The summed E-state index contributed by atoms with van der Waals surface area (Å²) in [5.74, 6) is -0.546.